The zero-order chi connectivity index (χ0) is 17.2. The van der Waals surface area contributed by atoms with E-state index in [0.717, 1.165) is 19.3 Å². The van der Waals surface area contributed by atoms with Crippen LogP contribution >= 0.6 is 0 Å². The van der Waals surface area contributed by atoms with E-state index in [1.165, 1.54) is 0 Å². The Morgan fingerprint density at radius 3 is 2.32 bits per heavy atom. The molecule has 0 heterocycles. The Bertz CT molecular complexity index is 459. The van der Waals surface area contributed by atoms with Crippen LogP contribution < -0.4 is 4.72 Å². The van der Waals surface area contributed by atoms with Gasteiger partial charge in [0.1, 0.15) is 6.23 Å². The predicted octanol–water partition coefficient (Wildman–Crippen LogP) is 2.24. The Balaban J connectivity index is 2.74. The molecule has 0 aliphatic heterocycles. The number of hydrogen-bond donors (Lipinski definition) is 3. The molecule has 0 aromatic rings. The predicted molar refractivity (Wildman–Crippen MR) is 88.7 cm³/mol. The summed E-state index contributed by atoms with van der Waals surface area (Å²) in [6.07, 6.45) is 2.62. The highest BCUT2D eigenvalue weighted by Crippen LogP contribution is 2.39. The van der Waals surface area contributed by atoms with Crippen LogP contribution in [0.2, 0.25) is 0 Å². The average Bonchev–Trinajstić information content (AvgIpc) is 2.36. The van der Waals surface area contributed by atoms with Gasteiger partial charge < -0.3 is 10.2 Å². The smallest absolute Gasteiger partial charge is 0.214 e. The van der Waals surface area contributed by atoms with Gasteiger partial charge in [-0.05, 0) is 37.0 Å². The van der Waals surface area contributed by atoms with Gasteiger partial charge in [-0.3, -0.25) is 0 Å². The molecule has 0 spiro atoms. The molecule has 0 aromatic carbocycles. The van der Waals surface area contributed by atoms with Gasteiger partial charge in [-0.25, -0.2) is 8.42 Å². The number of rotatable bonds is 7. The molecule has 3 N–H and O–H groups in total. The van der Waals surface area contributed by atoms with Crippen molar-refractivity contribution in [1.29, 1.82) is 0 Å². The molecular formula is C16H33NO4S. The van der Waals surface area contributed by atoms with Crippen molar-refractivity contribution in [3.63, 3.8) is 0 Å². The lowest BCUT2D eigenvalue weighted by atomic mass is 9.71. The molecule has 22 heavy (non-hydrogen) atoms. The third kappa shape index (κ3) is 5.48. The lowest BCUT2D eigenvalue weighted by Gasteiger charge is -2.39. The molecule has 1 rings (SSSR count). The first-order chi connectivity index (χ1) is 9.89. The highest BCUT2D eigenvalue weighted by atomic mass is 32.2. The minimum absolute atomic E-state index is 0.0335. The molecule has 6 heteroatoms. The largest absolute Gasteiger partial charge is 0.393 e. The van der Waals surface area contributed by atoms with Crippen LogP contribution in [0.1, 0.15) is 66.7 Å². The van der Waals surface area contributed by atoms with Gasteiger partial charge in [-0.1, -0.05) is 41.0 Å². The second kappa shape index (κ2) is 7.16. The van der Waals surface area contributed by atoms with E-state index in [-0.39, 0.29) is 17.8 Å². The lowest BCUT2D eigenvalue weighted by molar-refractivity contribution is 0.0372. The summed E-state index contributed by atoms with van der Waals surface area (Å²) in [6, 6.07) is 0. The van der Waals surface area contributed by atoms with Gasteiger partial charge in [0.2, 0.25) is 10.0 Å². The van der Waals surface area contributed by atoms with E-state index < -0.39 is 27.1 Å². The standard InChI is InChI=1S/C16H33NO4S/c1-6-15(2,3)14(19)17-22(20,21)11-16(4,5)12-8-7-9-13(18)10-12/h12-14,17-19H,6-11H2,1-5H3/t12?,13-,14-/m0/s1. The molecule has 0 saturated heterocycles. The molecule has 0 radical (unpaired) electrons. The summed E-state index contributed by atoms with van der Waals surface area (Å²) < 4.78 is 27.2. The molecular weight excluding hydrogens is 302 g/mol. The summed E-state index contributed by atoms with van der Waals surface area (Å²) in [4.78, 5) is 0. The van der Waals surface area contributed by atoms with Crippen molar-refractivity contribution < 1.29 is 18.6 Å². The third-order valence-corrected chi connectivity index (χ3v) is 6.96. The fraction of sp³-hybridized carbons (Fsp3) is 1.00. The Kier molecular flexibility index (Phi) is 6.47. The lowest BCUT2D eigenvalue weighted by Crippen LogP contribution is -2.48. The fourth-order valence-corrected chi connectivity index (χ4v) is 5.00. The molecule has 1 unspecified atom stereocenters. The van der Waals surface area contributed by atoms with E-state index in [4.69, 9.17) is 0 Å². The highest BCUT2D eigenvalue weighted by Gasteiger charge is 2.38. The van der Waals surface area contributed by atoms with Gasteiger partial charge in [-0.2, -0.15) is 4.72 Å². The molecule has 1 saturated carbocycles. The maximum atomic E-state index is 12.4. The van der Waals surface area contributed by atoms with Crippen LogP contribution in [-0.2, 0) is 10.0 Å². The van der Waals surface area contributed by atoms with Crippen molar-refractivity contribution in [2.24, 2.45) is 16.7 Å². The van der Waals surface area contributed by atoms with Crippen molar-refractivity contribution in [2.75, 3.05) is 5.75 Å². The van der Waals surface area contributed by atoms with Gasteiger partial charge in [0.05, 0.1) is 11.9 Å². The van der Waals surface area contributed by atoms with Crippen LogP contribution in [0.15, 0.2) is 0 Å². The quantitative estimate of drug-likeness (QED) is 0.623. The van der Waals surface area contributed by atoms with E-state index >= 15 is 0 Å². The molecule has 132 valence electrons. The molecule has 5 nitrogen and oxygen atoms in total. The van der Waals surface area contributed by atoms with Crippen LogP contribution in [0.5, 0.6) is 0 Å². The van der Waals surface area contributed by atoms with Gasteiger partial charge in [0, 0.05) is 5.41 Å². The molecule has 3 atom stereocenters. The summed E-state index contributed by atoms with van der Waals surface area (Å²) in [5, 5.41) is 20.0. The van der Waals surface area contributed by atoms with Crippen LogP contribution in [0, 0.1) is 16.7 Å². The summed E-state index contributed by atoms with van der Waals surface area (Å²) >= 11 is 0. The Morgan fingerprint density at radius 1 is 1.23 bits per heavy atom. The van der Waals surface area contributed by atoms with E-state index in [1.54, 1.807) is 0 Å². The monoisotopic (exact) mass is 335 g/mol. The second-order valence-corrected chi connectivity index (χ2v) is 9.88. The zero-order valence-corrected chi connectivity index (χ0v) is 15.4. The molecule has 0 bridgehead atoms. The third-order valence-electron chi connectivity index (χ3n) is 5.26. The highest BCUT2D eigenvalue weighted by molar-refractivity contribution is 7.89. The van der Waals surface area contributed by atoms with E-state index in [0.29, 0.717) is 12.8 Å². The molecule has 1 aliphatic rings. The minimum atomic E-state index is -3.58. The van der Waals surface area contributed by atoms with Gasteiger partial charge >= 0.3 is 0 Å². The molecule has 0 aromatic heterocycles. The van der Waals surface area contributed by atoms with Gasteiger partial charge in [0.25, 0.3) is 0 Å². The molecule has 1 aliphatic carbocycles. The number of hydrogen-bond acceptors (Lipinski definition) is 4. The number of aliphatic hydroxyl groups is 2. The first-order valence-electron chi connectivity index (χ1n) is 8.26. The maximum Gasteiger partial charge on any atom is 0.214 e. The van der Waals surface area contributed by atoms with Crippen molar-refractivity contribution in [3.05, 3.63) is 0 Å². The zero-order valence-electron chi connectivity index (χ0n) is 14.6. The maximum absolute atomic E-state index is 12.4. The minimum Gasteiger partial charge on any atom is -0.393 e. The van der Waals surface area contributed by atoms with Crippen LogP contribution in [0.25, 0.3) is 0 Å². The summed E-state index contributed by atoms with van der Waals surface area (Å²) in [6.45, 7) is 9.47. The van der Waals surface area contributed by atoms with E-state index in [1.807, 2.05) is 34.6 Å². The number of sulfonamides is 1. The Hall–Kier alpha value is -0.170. The van der Waals surface area contributed by atoms with Crippen molar-refractivity contribution in [3.8, 4) is 0 Å². The van der Waals surface area contributed by atoms with Crippen LogP contribution in [0.4, 0.5) is 0 Å². The summed E-state index contributed by atoms with van der Waals surface area (Å²) in [5.41, 5.74) is -0.929. The summed E-state index contributed by atoms with van der Waals surface area (Å²) in [5.74, 6) is 0.151. The van der Waals surface area contributed by atoms with E-state index in [9.17, 15) is 18.6 Å². The van der Waals surface area contributed by atoms with Crippen molar-refractivity contribution in [1.82, 2.24) is 4.72 Å². The Labute approximate surface area is 135 Å². The number of aliphatic hydroxyl groups excluding tert-OH is 2. The van der Waals surface area contributed by atoms with E-state index in [2.05, 4.69) is 4.72 Å². The molecule has 0 amide bonds. The van der Waals surface area contributed by atoms with Crippen LogP contribution in [0.3, 0.4) is 0 Å². The van der Waals surface area contributed by atoms with Gasteiger partial charge in [-0.15, -0.1) is 0 Å². The Morgan fingerprint density at radius 2 is 1.82 bits per heavy atom. The van der Waals surface area contributed by atoms with Crippen molar-refractivity contribution in [2.45, 2.75) is 79.1 Å². The summed E-state index contributed by atoms with van der Waals surface area (Å²) in [7, 11) is -3.58. The second-order valence-electron chi connectivity index (χ2n) is 8.13. The van der Waals surface area contributed by atoms with Crippen LogP contribution in [-0.4, -0.2) is 36.7 Å². The normalized spacial score (nSPS) is 26.0. The fourth-order valence-electron chi connectivity index (χ4n) is 3.05. The number of nitrogens with one attached hydrogen (secondary N) is 1. The topological polar surface area (TPSA) is 86.6 Å². The molecule has 1 fully saturated rings. The first kappa shape index (κ1) is 19.9. The first-order valence-corrected chi connectivity index (χ1v) is 9.91. The SMILES string of the molecule is CCC(C)(C)[C@H](O)NS(=O)(=O)CC(C)(C)C1CCC[C@H](O)C1. The van der Waals surface area contributed by atoms with Gasteiger partial charge in [0.15, 0.2) is 0 Å². The van der Waals surface area contributed by atoms with Crippen molar-refractivity contribution >= 4 is 10.0 Å². The average molecular weight is 336 g/mol.